The maximum absolute atomic E-state index is 13.1. The second-order valence-corrected chi connectivity index (χ2v) is 8.16. The van der Waals surface area contributed by atoms with Gasteiger partial charge in [0.15, 0.2) is 0 Å². The summed E-state index contributed by atoms with van der Waals surface area (Å²) in [6.45, 7) is 3.32. The topological polar surface area (TPSA) is 41.4 Å². The zero-order chi connectivity index (χ0) is 19.1. The van der Waals surface area contributed by atoms with Crippen molar-refractivity contribution < 1.29 is 4.79 Å². The summed E-state index contributed by atoms with van der Waals surface area (Å²) in [4.78, 5) is 22.1. The highest BCUT2D eigenvalue weighted by molar-refractivity contribution is 5.81. The van der Waals surface area contributed by atoms with E-state index in [0.29, 0.717) is 12.5 Å². The van der Waals surface area contributed by atoms with Crippen molar-refractivity contribution in [3.05, 3.63) is 66.1 Å². The number of rotatable bonds is 4. The average Bonchev–Trinajstić information content (AvgIpc) is 2.85. The molecule has 6 rings (SSSR count). The number of nitrogens with zero attached hydrogens (tertiary/aromatic N) is 4. The summed E-state index contributed by atoms with van der Waals surface area (Å²) in [7, 11) is 2.14. The van der Waals surface area contributed by atoms with E-state index in [0.717, 1.165) is 38.2 Å². The van der Waals surface area contributed by atoms with Gasteiger partial charge in [-0.1, -0.05) is 24.3 Å². The van der Waals surface area contributed by atoms with E-state index in [1.54, 1.807) is 0 Å². The van der Waals surface area contributed by atoms with Crippen molar-refractivity contribution >= 4 is 16.8 Å². The van der Waals surface area contributed by atoms with Crippen LogP contribution in [0.5, 0.6) is 0 Å². The highest BCUT2D eigenvalue weighted by Crippen LogP contribution is 2.31. The van der Waals surface area contributed by atoms with Crippen LogP contribution >= 0.6 is 0 Å². The van der Waals surface area contributed by atoms with Gasteiger partial charge in [-0.15, -0.1) is 0 Å². The van der Waals surface area contributed by atoms with Crippen LogP contribution in [-0.4, -0.2) is 44.4 Å². The number of pyridine rings is 1. The third kappa shape index (κ3) is 3.10. The van der Waals surface area contributed by atoms with Crippen molar-refractivity contribution in [2.45, 2.75) is 32.0 Å². The smallest absolute Gasteiger partial charge is 0.227 e. The summed E-state index contributed by atoms with van der Waals surface area (Å²) >= 11 is 0. The molecule has 1 amide bonds. The normalized spacial score (nSPS) is 22.8. The molecule has 0 saturated carbocycles. The fourth-order valence-corrected chi connectivity index (χ4v) is 4.86. The summed E-state index contributed by atoms with van der Waals surface area (Å²) < 4.78 is 2.29. The molecule has 3 saturated heterocycles. The van der Waals surface area contributed by atoms with Crippen molar-refractivity contribution in [1.82, 2.24) is 19.4 Å². The molecule has 3 fully saturated rings. The van der Waals surface area contributed by atoms with Gasteiger partial charge in [0, 0.05) is 50.1 Å². The van der Waals surface area contributed by atoms with Gasteiger partial charge < -0.3 is 9.47 Å². The monoisotopic (exact) mass is 374 g/mol. The molecule has 3 aromatic rings. The minimum atomic E-state index is 0.108. The van der Waals surface area contributed by atoms with Gasteiger partial charge in [0.2, 0.25) is 5.91 Å². The largest absolute Gasteiger partial charge is 0.346 e. The maximum atomic E-state index is 13.1. The molecule has 3 aliphatic heterocycles. The number of hydrogen-bond acceptors (Lipinski definition) is 3. The molecule has 1 aromatic carbocycles. The molecule has 5 heterocycles. The first-order chi connectivity index (χ1) is 13.7. The van der Waals surface area contributed by atoms with Gasteiger partial charge in [0.25, 0.3) is 0 Å². The van der Waals surface area contributed by atoms with Crippen LogP contribution in [0.25, 0.3) is 10.9 Å². The van der Waals surface area contributed by atoms with Crippen molar-refractivity contribution in [2.75, 3.05) is 13.1 Å². The predicted molar refractivity (Wildman–Crippen MR) is 109 cm³/mol. The first kappa shape index (κ1) is 17.4. The van der Waals surface area contributed by atoms with Gasteiger partial charge in [-0.2, -0.15) is 0 Å². The van der Waals surface area contributed by atoms with Gasteiger partial charge >= 0.3 is 0 Å². The van der Waals surface area contributed by atoms with Gasteiger partial charge in [0.05, 0.1) is 18.2 Å². The minimum absolute atomic E-state index is 0.108. The molecular weight excluding hydrogens is 348 g/mol. The van der Waals surface area contributed by atoms with E-state index in [-0.39, 0.29) is 12.0 Å². The molecule has 5 heteroatoms. The summed E-state index contributed by atoms with van der Waals surface area (Å²) in [6, 6.07) is 17.0. The third-order valence-corrected chi connectivity index (χ3v) is 6.36. The number of aryl methyl sites for hydroxylation is 1. The van der Waals surface area contributed by atoms with Gasteiger partial charge in [0.1, 0.15) is 0 Å². The number of hydrogen-bond donors (Lipinski definition) is 0. The van der Waals surface area contributed by atoms with Crippen LogP contribution in [0.1, 0.15) is 24.2 Å². The van der Waals surface area contributed by atoms with Crippen LogP contribution in [0, 0.1) is 5.92 Å². The predicted octanol–water partition coefficient (Wildman–Crippen LogP) is 3.20. The Hall–Kier alpha value is -2.66. The Morgan fingerprint density at radius 2 is 1.89 bits per heavy atom. The zero-order valence-corrected chi connectivity index (χ0v) is 16.3. The molecule has 0 radical (unpaired) electrons. The van der Waals surface area contributed by atoms with Crippen molar-refractivity contribution in [2.24, 2.45) is 13.0 Å². The summed E-state index contributed by atoms with van der Waals surface area (Å²) in [5.74, 6) is 0.415. The number of para-hydroxylation sites is 1. The first-order valence-corrected chi connectivity index (χ1v) is 10.1. The molecule has 3 aliphatic rings. The molecule has 2 unspecified atom stereocenters. The molecule has 0 N–H and O–H groups in total. The quantitative estimate of drug-likeness (QED) is 0.704. The highest BCUT2D eigenvalue weighted by Gasteiger charge is 2.40. The lowest BCUT2D eigenvalue weighted by molar-refractivity contribution is -0.140. The standard InChI is InChI=1S/C23H26N4O/c1-25-21(12-17-6-2-3-8-22(17)25)16-26-13-18-9-10-20(15-26)27(23(18)28)14-19-7-4-5-11-24-19/h2-8,11-12,18,20H,9-10,13-16H2,1H3. The van der Waals surface area contributed by atoms with Gasteiger partial charge in [-0.25, -0.2) is 0 Å². The van der Waals surface area contributed by atoms with Gasteiger partial charge in [-0.05, 0) is 42.5 Å². The number of amides is 1. The number of benzene rings is 1. The molecule has 144 valence electrons. The fourth-order valence-electron chi connectivity index (χ4n) is 4.86. The summed E-state index contributed by atoms with van der Waals surface area (Å²) in [5, 5.41) is 1.28. The lowest BCUT2D eigenvalue weighted by atomic mass is 9.94. The number of piperidine rings is 1. The maximum Gasteiger partial charge on any atom is 0.227 e. The molecule has 28 heavy (non-hydrogen) atoms. The summed E-state index contributed by atoms with van der Waals surface area (Å²) in [6.07, 6.45) is 3.91. The van der Waals surface area contributed by atoms with E-state index in [2.05, 4.69) is 56.7 Å². The van der Waals surface area contributed by atoms with Crippen LogP contribution in [0.2, 0.25) is 0 Å². The molecule has 0 aliphatic carbocycles. The van der Waals surface area contributed by atoms with E-state index in [1.165, 1.54) is 16.6 Å². The Labute approximate surface area is 165 Å². The zero-order valence-electron chi connectivity index (χ0n) is 16.3. The second kappa shape index (κ2) is 7.06. The van der Waals surface area contributed by atoms with Crippen LogP contribution in [0.15, 0.2) is 54.7 Å². The second-order valence-electron chi connectivity index (χ2n) is 8.16. The van der Waals surface area contributed by atoms with E-state index in [4.69, 9.17) is 0 Å². The van der Waals surface area contributed by atoms with Crippen LogP contribution in [0.4, 0.5) is 0 Å². The van der Waals surface area contributed by atoms with E-state index < -0.39 is 0 Å². The van der Waals surface area contributed by atoms with E-state index in [9.17, 15) is 4.79 Å². The first-order valence-electron chi connectivity index (χ1n) is 10.1. The Morgan fingerprint density at radius 1 is 1.04 bits per heavy atom. The SMILES string of the molecule is Cn1c(CN2CC3CCC(C2)N(Cc2ccccn2)C3=O)cc2ccccc21. The van der Waals surface area contributed by atoms with Crippen LogP contribution < -0.4 is 0 Å². The Bertz CT molecular complexity index is 996. The Balaban J connectivity index is 1.37. The number of fused-ring (bicyclic) bond motifs is 5. The summed E-state index contributed by atoms with van der Waals surface area (Å²) in [5.41, 5.74) is 3.55. The molecule has 2 bridgehead atoms. The lowest BCUT2D eigenvalue weighted by Crippen LogP contribution is -2.47. The molecule has 5 nitrogen and oxygen atoms in total. The minimum Gasteiger partial charge on any atom is -0.346 e. The van der Waals surface area contributed by atoms with Crippen LogP contribution in [-0.2, 0) is 24.9 Å². The van der Waals surface area contributed by atoms with Gasteiger partial charge in [-0.3, -0.25) is 14.7 Å². The molecule has 0 spiro atoms. The fraction of sp³-hybridized carbons (Fsp3) is 0.391. The van der Waals surface area contributed by atoms with E-state index >= 15 is 0 Å². The van der Waals surface area contributed by atoms with Crippen molar-refractivity contribution in [3.63, 3.8) is 0 Å². The lowest BCUT2D eigenvalue weighted by Gasteiger charge is -2.35. The Morgan fingerprint density at radius 3 is 2.71 bits per heavy atom. The molecule has 2 atom stereocenters. The number of aromatic nitrogens is 2. The highest BCUT2D eigenvalue weighted by atomic mass is 16.2. The van der Waals surface area contributed by atoms with Crippen molar-refractivity contribution in [1.29, 1.82) is 0 Å². The van der Waals surface area contributed by atoms with E-state index in [1.807, 2.05) is 24.4 Å². The third-order valence-electron chi connectivity index (χ3n) is 6.36. The van der Waals surface area contributed by atoms with Crippen molar-refractivity contribution in [3.8, 4) is 0 Å². The Kier molecular flexibility index (Phi) is 4.40. The number of carbonyl (C=O) groups is 1. The number of carbonyl (C=O) groups excluding carboxylic acids is 1. The molecular formula is C23H26N4O. The average molecular weight is 374 g/mol. The molecule has 2 aromatic heterocycles. The van der Waals surface area contributed by atoms with Crippen LogP contribution in [0.3, 0.4) is 0 Å².